The highest BCUT2D eigenvalue weighted by Gasteiger charge is 2.55. The number of hydrogen-bond acceptors (Lipinski definition) is 8. The Kier molecular flexibility index (Phi) is 4.97. The number of nitro groups is 1. The average Bonchev–Trinajstić information content (AvgIpc) is 3.30. The topological polar surface area (TPSA) is 137 Å². The van der Waals surface area contributed by atoms with Gasteiger partial charge in [0.2, 0.25) is 0 Å². The molecule has 0 saturated carbocycles. The Morgan fingerprint density at radius 1 is 1.24 bits per heavy atom. The summed E-state index contributed by atoms with van der Waals surface area (Å²) in [5, 5.41) is 14.0. The highest BCUT2D eigenvalue weighted by Crippen LogP contribution is 2.41. The van der Waals surface area contributed by atoms with E-state index in [2.05, 4.69) is 5.32 Å². The molecule has 1 N–H and O–H groups in total. The number of rotatable bonds is 5. The molecule has 0 radical (unpaired) electrons. The number of carbonyl (C=O) groups excluding carboxylic acids is 3. The van der Waals surface area contributed by atoms with Gasteiger partial charge in [-0.1, -0.05) is 24.3 Å². The quantitative estimate of drug-likeness (QED) is 0.314. The fourth-order valence-electron chi connectivity index (χ4n) is 4.56. The number of hydrogen-bond donors (Lipinski definition) is 1. The third-order valence-electron chi connectivity index (χ3n) is 6.08. The number of non-ortho nitro benzene ring substituents is 1. The fourth-order valence-corrected chi connectivity index (χ4v) is 4.56. The van der Waals surface area contributed by atoms with E-state index < -0.39 is 34.9 Å². The number of nitrogens with one attached hydrogen (secondary N) is 1. The van der Waals surface area contributed by atoms with Gasteiger partial charge in [0.25, 0.3) is 11.6 Å². The molecule has 3 amide bonds. The molecule has 1 saturated heterocycles. The lowest BCUT2D eigenvalue weighted by atomic mass is 9.92. The van der Waals surface area contributed by atoms with Gasteiger partial charge in [0.15, 0.2) is 6.79 Å². The largest absolute Gasteiger partial charge is 0.467 e. The molecule has 0 bridgehead atoms. The normalized spacial score (nSPS) is 20.8. The van der Waals surface area contributed by atoms with Crippen LogP contribution in [0.3, 0.4) is 0 Å². The summed E-state index contributed by atoms with van der Waals surface area (Å²) in [6, 6.07) is 9.32. The van der Waals surface area contributed by atoms with Gasteiger partial charge in [0.05, 0.1) is 11.5 Å². The molecule has 1 aliphatic carbocycles. The molecule has 1 atom stereocenters. The summed E-state index contributed by atoms with van der Waals surface area (Å²) in [4.78, 5) is 49.7. The van der Waals surface area contributed by atoms with E-state index in [-0.39, 0.29) is 25.7 Å². The summed E-state index contributed by atoms with van der Waals surface area (Å²) < 4.78 is 15.8. The molecule has 11 nitrogen and oxygen atoms in total. The molecule has 0 aromatic heterocycles. The van der Waals surface area contributed by atoms with Gasteiger partial charge < -0.3 is 19.5 Å². The second kappa shape index (κ2) is 7.85. The van der Waals surface area contributed by atoms with Crippen molar-refractivity contribution < 1.29 is 33.5 Å². The van der Waals surface area contributed by atoms with E-state index in [0.717, 1.165) is 16.0 Å². The molecule has 1 fully saturated rings. The number of benzene rings is 2. The summed E-state index contributed by atoms with van der Waals surface area (Å²) in [5.41, 5.74) is 1.13. The maximum Gasteiger partial charge on any atom is 0.326 e. The smallest absolute Gasteiger partial charge is 0.326 e. The highest BCUT2D eigenvalue weighted by atomic mass is 16.7. The van der Waals surface area contributed by atoms with Crippen LogP contribution in [-0.2, 0) is 44.2 Å². The minimum atomic E-state index is -1.17. The van der Waals surface area contributed by atoms with E-state index in [1.807, 2.05) is 12.1 Å². The molecule has 2 heterocycles. The second-order valence-corrected chi connectivity index (χ2v) is 8.01. The van der Waals surface area contributed by atoms with Crippen molar-refractivity contribution in [3.05, 3.63) is 68.8 Å². The lowest BCUT2D eigenvalue weighted by Gasteiger charge is -2.22. The summed E-state index contributed by atoms with van der Waals surface area (Å²) in [5.74, 6) is -0.965. The molecule has 170 valence electrons. The summed E-state index contributed by atoms with van der Waals surface area (Å²) in [7, 11) is 0. The first-order valence-electron chi connectivity index (χ1n) is 10.3. The van der Waals surface area contributed by atoms with E-state index >= 15 is 0 Å². The van der Waals surface area contributed by atoms with Gasteiger partial charge >= 0.3 is 12.0 Å². The van der Waals surface area contributed by atoms with Crippen molar-refractivity contribution in [2.75, 3.05) is 13.3 Å². The minimum Gasteiger partial charge on any atom is -0.467 e. The number of fused-ring (bicyclic) bond motifs is 3. The van der Waals surface area contributed by atoms with Crippen LogP contribution in [0.5, 0.6) is 5.75 Å². The maximum absolute atomic E-state index is 13.1. The first-order valence-corrected chi connectivity index (χ1v) is 10.3. The number of esters is 1. The lowest BCUT2D eigenvalue weighted by molar-refractivity contribution is -0.385. The number of imide groups is 1. The van der Waals surface area contributed by atoms with Gasteiger partial charge in [0, 0.05) is 23.3 Å². The molecule has 11 heteroatoms. The zero-order valence-electron chi connectivity index (χ0n) is 17.4. The van der Waals surface area contributed by atoms with Gasteiger partial charge in [-0.05, 0) is 24.0 Å². The number of ether oxygens (including phenoxy) is 3. The van der Waals surface area contributed by atoms with Crippen molar-refractivity contribution in [2.45, 2.75) is 31.6 Å². The third kappa shape index (κ3) is 3.46. The van der Waals surface area contributed by atoms with Crippen molar-refractivity contribution in [3.8, 4) is 5.75 Å². The molecule has 2 aromatic carbocycles. The maximum atomic E-state index is 13.1. The van der Waals surface area contributed by atoms with Gasteiger partial charge in [-0.2, -0.15) is 0 Å². The summed E-state index contributed by atoms with van der Waals surface area (Å²) in [6.07, 6.45) is 1.06. The predicted molar refractivity (Wildman–Crippen MR) is 110 cm³/mol. The van der Waals surface area contributed by atoms with Crippen LogP contribution in [0.4, 0.5) is 10.5 Å². The zero-order chi connectivity index (χ0) is 23.2. The fraction of sp³-hybridized carbons (Fsp3) is 0.318. The predicted octanol–water partition coefficient (Wildman–Crippen LogP) is 1.90. The highest BCUT2D eigenvalue weighted by molar-refractivity contribution is 6.09. The monoisotopic (exact) mass is 453 g/mol. The van der Waals surface area contributed by atoms with Crippen LogP contribution >= 0.6 is 0 Å². The SMILES string of the molecule is O=C(CN1C(=O)NC2(CCc3ccccc32)C1=O)OCc1cc([N+](=O)[O-])cc2c1OCOC2. The Morgan fingerprint density at radius 2 is 2.06 bits per heavy atom. The van der Waals surface area contributed by atoms with Crippen molar-refractivity contribution in [3.63, 3.8) is 0 Å². The summed E-state index contributed by atoms with van der Waals surface area (Å²) >= 11 is 0. The molecule has 2 aliphatic heterocycles. The van der Waals surface area contributed by atoms with Gasteiger partial charge in [-0.25, -0.2) is 4.79 Å². The number of nitrogens with zero attached hydrogens (tertiary/aromatic N) is 2. The first kappa shape index (κ1) is 20.9. The standard InChI is InChI=1S/C22H19N3O8/c26-18(32-11-15-8-16(25(29)30)7-14-10-31-12-33-19(14)15)9-24-20(27)22(23-21(24)28)6-5-13-3-1-2-4-17(13)22/h1-4,7-8H,5-6,9-12H2,(H,23,28). The number of urea groups is 1. The minimum absolute atomic E-state index is 0.0300. The number of amides is 3. The van der Waals surface area contributed by atoms with Gasteiger partial charge in [-0.15, -0.1) is 0 Å². The molecule has 2 aromatic rings. The van der Waals surface area contributed by atoms with E-state index in [1.165, 1.54) is 12.1 Å². The van der Waals surface area contributed by atoms with Crippen LogP contribution in [-0.4, -0.2) is 41.1 Å². The van der Waals surface area contributed by atoms with Crippen LogP contribution < -0.4 is 10.1 Å². The molecule has 33 heavy (non-hydrogen) atoms. The Labute approximate surface area is 187 Å². The molecule has 3 aliphatic rings. The summed E-state index contributed by atoms with van der Waals surface area (Å²) in [6.45, 7) is -0.794. The molecule has 1 spiro atoms. The van der Waals surface area contributed by atoms with E-state index in [9.17, 15) is 24.5 Å². The Hall–Kier alpha value is -3.99. The zero-order valence-corrected chi connectivity index (χ0v) is 17.4. The van der Waals surface area contributed by atoms with Crippen LogP contribution in [0.2, 0.25) is 0 Å². The Balaban J connectivity index is 1.30. The molecular formula is C22H19N3O8. The number of aryl methyl sites for hydroxylation is 1. The van der Waals surface area contributed by atoms with Crippen LogP contribution in [0, 0.1) is 10.1 Å². The Bertz CT molecular complexity index is 1200. The van der Waals surface area contributed by atoms with E-state index in [1.54, 1.807) is 12.1 Å². The lowest BCUT2D eigenvalue weighted by Crippen LogP contribution is -2.42. The van der Waals surface area contributed by atoms with Crippen molar-refractivity contribution in [1.82, 2.24) is 10.2 Å². The Morgan fingerprint density at radius 3 is 2.88 bits per heavy atom. The molecular weight excluding hydrogens is 434 g/mol. The van der Waals surface area contributed by atoms with Crippen LogP contribution in [0.1, 0.15) is 28.7 Å². The molecule has 5 rings (SSSR count). The van der Waals surface area contributed by atoms with Crippen molar-refractivity contribution >= 4 is 23.6 Å². The third-order valence-corrected chi connectivity index (χ3v) is 6.08. The number of carbonyl (C=O) groups is 3. The van der Waals surface area contributed by atoms with E-state index in [0.29, 0.717) is 29.7 Å². The van der Waals surface area contributed by atoms with Gasteiger partial charge in [-0.3, -0.25) is 24.6 Å². The van der Waals surface area contributed by atoms with Crippen LogP contribution in [0.25, 0.3) is 0 Å². The number of nitro benzene ring substituents is 1. The molecule has 1 unspecified atom stereocenters. The van der Waals surface area contributed by atoms with Gasteiger partial charge in [0.1, 0.15) is 24.4 Å². The first-order chi connectivity index (χ1) is 15.9. The van der Waals surface area contributed by atoms with Crippen molar-refractivity contribution in [2.24, 2.45) is 0 Å². The second-order valence-electron chi connectivity index (χ2n) is 8.01. The van der Waals surface area contributed by atoms with Crippen LogP contribution in [0.15, 0.2) is 36.4 Å². The van der Waals surface area contributed by atoms with E-state index in [4.69, 9.17) is 14.2 Å². The van der Waals surface area contributed by atoms with Crippen molar-refractivity contribution in [1.29, 1.82) is 0 Å². The average molecular weight is 453 g/mol.